The first-order valence-corrected chi connectivity index (χ1v) is 12.0. The largest absolute Gasteiger partial charge is 0.494 e. The van der Waals surface area contributed by atoms with Crippen LogP contribution < -0.4 is 9.46 Å². The minimum absolute atomic E-state index is 0.0394. The summed E-state index contributed by atoms with van der Waals surface area (Å²) in [6.45, 7) is 1.75. The molecule has 1 heterocycles. The van der Waals surface area contributed by atoms with E-state index in [1.807, 2.05) is 6.07 Å². The van der Waals surface area contributed by atoms with Crippen molar-refractivity contribution in [2.75, 3.05) is 11.8 Å². The van der Waals surface area contributed by atoms with Gasteiger partial charge in [-0.2, -0.15) is 0 Å². The number of sulfonamides is 1. The maximum atomic E-state index is 14.9. The first kappa shape index (κ1) is 23.5. The van der Waals surface area contributed by atoms with Crippen LogP contribution in [0.5, 0.6) is 5.75 Å². The van der Waals surface area contributed by atoms with Crippen molar-refractivity contribution in [1.82, 2.24) is 4.98 Å². The van der Waals surface area contributed by atoms with Gasteiger partial charge in [0.1, 0.15) is 17.0 Å². The zero-order valence-corrected chi connectivity index (χ0v) is 19.8. The lowest BCUT2D eigenvalue weighted by atomic mass is 10.0. The quantitative estimate of drug-likeness (QED) is 0.309. The van der Waals surface area contributed by atoms with Gasteiger partial charge in [-0.3, -0.25) is 4.72 Å². The summed E-state index contributed by atoms with van der Waals surface area (Å²) in [7, 11) is -2.91. The summed E-state index contributed by atoms with van der Waals surface area (Å²) in [5.74, 6) is -0.319. The Bertz CT molecular complexity index is 1450. The summed E-state index contributed by atoms with van der Waals surface area (Å²) in [5.41, 5.74) is 1.77. The third-order valence-electron chi connectivity index (χ3n) is 5.00. The van der Waals surface area contributed by atoms with Gasteiger partial charge in [0.05, 0.1) is 24.0 Å². The molecule has 1 aromatic heterocycles. The van der Waals surface area contributed by atoms with Crippen LogP contribution in [0.1, 0.15) is 12.5 Å². The summed E-state index contributed by atoms with van der Waals surface area (Å²) < 4.78 is 55.1. The van der Waals surface area contributed by atoms with Crippen LogP contribution in [-0.4, -0.2) is 20.5 Å². The SMILES string of the molecule is C/C=C/c1cc(F)c(-c2ccccc2)cc1NS(=O)(=O)c1cc(-c2ncco2)cc(Cl)c1OC. The Morgan fingerprint density at radius 3 is 2.53 bits per heavy atom. The van der Waals surface area contributed by atoms with Crippen LogP contribution >= 0.6 is 11.6 Å². The smallest absolute Gasteiger partial charge is 0.265 e. The third kappa shape index (κ3) is 4.69. The van der Waals surface area contributed by atoms with Gasteiger partial charge in [0.15, 0.2) is 5.75 Å². The summed E-state index contributed by atoms with van der Waals surface area (Å²) in [5, 5.41) is 0.0660. The Hall–Kier alpha value is -3.62. The van der Waals surface area contributed by atoms with Crippen molar-refractivity contribution < 1.29 is 22.0 Å². The molecule has 6 nitrogen and oxygen atoms in total. The zero-order chi connectivity index (χ0) is 24.3. The molecule has 9 heteroatoms. The van der Waals surface area contributed by atoms with E-state index in [9.17, 15) is 12.8 Å². The number of nitrogens with zero attached hydrogens (tertiary/aromatic N) is 1. The first-order valence-electron chi connectivity index (χ1n) is 10.2. The zero-order valence-electron chi connectivity index (χ0n) is 18.2. The number of oxazole rings is 1. The second kappa shape index (κ2) is 9.70. The van der Waals surface area contributed by atoms with Crippen molar-refractivity contribution in [3.8, 4) is 28.3 Å². The highest BCUT2D eigenvalue weighted by atomic mass is 35.5. The van der Waals surface area contributed by atoms with Crippen molar-refractivity contribution in [3.05, 3.63) is 89.5 Å². The van der Waals surface area contributed by atoms with Gasteiger partial charge in [-0.1, -0.05) is 54.1 Å². The van der Waals surface area contributed by atoms with E-state index in [2.05, 4.69) is 9.71 Å². The molecule has 34 heavy (non-hydrogen) atoms. The molecular formula is C25H20ClFN2O4S. The molecule has 0 fully saturated rings. The second-order valence-electron chi connectivity index (χ2n) is 7.22. The molecule has 0 spiro atoms. The van der Waals surface area contributed by atoms with Crippen LogP contribution in [0.2, 0.25) is 5.02 Å². The predicted octanol–water partition coefficient (Wildman–Crippen LogP) is 6.64. The number of benzene rings is 3. The van der Waals surface area contributed by atoms with Crippen LogP contribution in [-0.2, 0) is 10.0 Å². The van der Waals surface area contributed by atoms with Crippen molar-refractivity contribution in [1.29, 1.82) is 0 Å². The van der Waals surface area contributed by atoms with Crippen LogP contribution in [0.4, 0.5) is 10.1 Å². The monoisotopic (exact) mass is 498 g/mol. The lowest BCUT2D eigenvalue weighted by molar-refractivity contribution is 0.403. The van der Waals surface area contributed by atoms with Crippen LogP contribution in [0.25, 0.3) is 28.7 Å². The van der Waals surface area contributed by atoms with Crippen molar-refractivity contribution in [3.63, 3.8) is 0 Å². The van der Waals surface area contributed by atoms with Crippen LogP contribution in [0.3, 0.4) is 0 Å². The van der Waals surface area contributed by atoms with Crippen molar-refractivity contribution in [2.24, 2.45) is 0 Å². The van der Waals surface area contributed by atoms with Gasteiger partial charge in [-0.05, 0) is 36.8 Å². The number of ether oxygens (including phenoxy) is 1. The predicted molar refractivity (Wildman–Crippen MR) is 131 cm³/mol. The molecule has 0 bridgehead atoms. The molecule has 4 aromatic rings. The number of hydrogen-bond donors (Lipinski definition) is 1. The highest BCUT2D eigenvalue weighted by molar-refractivity contribution is 7.92. The normalized spacial score (nSPS) is 11.6. The van der Waals surface area contributed by atoms with E-state index in [-0.39, 0.29) is 32.8 Å². The van der Waals surface area contributed by atoms with E-state index in [1.165, 1.54) is 43.8 Å². The topological polar surface area (TPSA) is 81.4 Å². The molecule has 0 aliphatic carbocycles. The third-order valence-corrected chi connectivity index (χ3v) is 6.65. The fourth-order valence-electron chi connectivity index (χ4n) is 3.49. The van der Waals surface area contributed by atoms with Crippen molar-refractivity contribution in [2.45, 2.75) is 11.8 Å². The number of methoxy groups -OCH3 is 1. The second-order valence-corrected chi connectivity index (χ2v) is 9.28. The molecule has 1 N–H and O–H groups in total. The standard InChI is InChI=1S/C25H20ClFN2O4S/c1-3-7-17-13-21(27)19(16-8-5-4-6-9-16)15-22(17)29-34(30,31)23-14-18(25-28-10-11-33-25)12-20(26)24(23)32-2/h3-15,29H,1-2H3/b7-3+. The van der Waals surface area contributed by atoms with Gasteiger partial charge >= 0.3 is 0 Å². The molecule has 0 radical (unpaired) electrons. The Morgan fingerprint density at radius 2 is 1.88 bits per heavy atom. The molecule has 0 aliphatic rings. The van der Waals surface area contributed by atoms with Gasteiger partial charge in [0, 0.05) is 16.7 Å². The molecule has 0 saturated heterocycles. The van der Waals surface area contributed by atoms with E-state index in [0.29, 0.717) is 16.7 Å². The summed E-state index contributed by atoms with van der Waals surface area (Å²) in [6.07, 6.45) is 6.11. The molecule has 0 unspecified atom stereocenters. The van der Waals surface area contributed by atoms with E-state index in [1.54, 1.807) is 43.3 Å². The van der Waals surface area contributed by atoms with Crippen molar-refractivity contribution >= 4 is 33.4 Å². The Labute approximate surface area is 201 Å². The lowest BCUT2D eigenvalue weighted by Gasteiger charge is -2.16. The highest BCUT2D eigenvalue weighted by Crippen LogP contribution is 2.38. The number of allylic oxidation sites excluding steroid dienone is 1. The molecule has 4 rings (SSSR count). The number of hydrogen-bond acceptors (Lipinski definition) is 5. The van der Waals surface area contributed by atoms with Gasteiger partial charge in [-0.25, -0.2) is 17.8 Å². The fourth-order valence-corrected chi connectivity index (χ4v) is 5.14. The first-order chi connectivity index (χ1) is 16.3. The number of nitrogens with one attached hydrogen (secondary N) is 1. The van der Waals surface area contributed by atoms with E-state index in [0.717, 1.165) is 0 Å². The Kier molecular flexibility index (Phi) is 6.72. The fraction of sp³-hybridized carbons (Fsp3) is 0.0800. The van der Waals surface area contributed by atoms with Crippen LogP contribution in [0, 0.1) is 5.82 Å². The molecule has 3 aromatic carbocycles. The number of anilines is 1. The number of halogens is 2. The average Bonchev–Trinajstić information content (AvgIpc) is 3.36. The summed E-state index contributed by atoms with van der Waals surface area (Å²) >= 11 is 6.32. The lowest BCUT2D eigenvalue weighted by Crippen LogP contribution is -2.15. The molecule has 0 saturated carbocycles. The molecule has 0 atom stereocenters. The van der Waals surface area contributed by atoms with Gasteiger partial charge in [0.2, 0.25) is 5.89 Å². The number of rotatable bonds is 7. The number of aromatic nitrogens is 1. The maximum Gasteiger partial charge on any atom is 0.265 e. The van der Waals surface area contributed by atoms with Gasteiger partial charge < -0.3 is 9.15 Å². The summed E-state index contributed by atoms with van der Waals surface area (Å²) in [4.78, 5) is 3.84. The van der Waals surface area contributed by atoms with Crippen LogP contribution in [0.15, 0.2) is 82.4 Å². The maximum absolute atomic E-state index is 14.9. The average molecular weight is 499 g/mol. The highest BCUT2D eigenvalue weighted by Gasteiger charge is 2.25. The molecular weight excluding hydrogens is 479 g/mol. The van der Waals surface area contributed by atoms with Gasteiger partial charge in [0.25, 0.3) is 10.0 Å². The summed E-state index contributed by atoms with van der Waals surface area (Å²) in [6, 6.07) is 14.5. The van der Waals surface area contributed by atoms with E-state index in [4.69, 9.17) is 20.8 Å². The molecule has 0 aliphatic heterocycles. The Balaban J connectivity index is 1.85. The minimum atomic E-state index is -4.23. The van der Waals surface area contributed by atoms with Gasteiger partial charge in [-0.15, -0.1) is 0 Å². The molecule has 174 valence electrons. The van der Waals surface area contributed by atoms with E-state index >= 15 is 0 Å². The Morgan fingerprint density at radius 1 is 1.12 bits per heavy atom. The van der Waals surface area contributed by atoms with E-state index < -0.39 is 15.8 Å². The molecule has 0 amide bonds. The minimum Gasteiger partial charge on any atom is -0.494 e.